The van der Waals surface area contributed by atoms with Gasteiger partial charge < -0.3 is 19.3 Å². The molecule has 27 heavy (non-hydrogen) atoms. The van der Waals surface area contributed by atoms with Crippen LogP contribution in [0.3, 0.4) is 0 Å². The molecule has 2 fully saturated rings. The maximum atomic E-state index is 12.6. The van der Waals surface area contributed by atoms with E-state index in [9.17, 15) is 9.59 Å². The first kappa shape index (κ1) is 19.5. The Balaban J connectivity index is 1.51. The fourth-order valence-corrected chi connectivity index (χ4v) is 3.57. The number of pyridine rings is 1. The minimum Gasteiger partial charge on any atom is -0.371 e. The highest BCUT2D eigenvalue weighted by Crippen LogP contribution is 2.30. The molecular formula is C20H27N3O4. The second kappa shape index (κ2) is 9.10. The van der Waals surface area contributed by atoms with Crippen LogP contribution in [0, 0.1) is 0 Å². The Morgan fingerprint density at radius 2 is 1.96 bits per heavy atom. The number of carbonyl (C=O) groups excluding carboxylic acids is 2. The first-order valence-electron chi connectivity index (χ1n) is 9.43. The Hall–Kier alpha value is -2.25. The van der Waals surface area contributed by atoms with Crippen LogP contribution < -0.4 is 0 Å². The van der Waals surface area contributed by atoms with E-state index in [1.807, 2.05) is 9.80 Å². The number of ether oxygens (including phenoxy) is 2. The normalized spacial score (nSPS) is 19.1. The van der Waals surface area contributed by atoms with Gasteiger partial charge >= 0.3 is 0 Å². The van der Waals surface area contributed by atoms with E-state index in [1.54, 1.807) is 30.6 Å². The molecule has 2 aliphatic rings. The number of nitrogens with zero attached hydrogens (tertiary/aromatic N) is 3. The summed E-state index contributed by atoms with van der Waals surface area (Å²) in [5.74, 6) is 0.0173. The lowest BCUT2D eigenvalue weighted by molar-refractivity contribution is -0.161. The molecule has 0 N–H and O–H groups in total. The highest BCUT2D eigenvalue weighted by molar-refractivity contribution is 5.94. The molecule has 1 aromatic rings. The number of piperidine rings is 1. The van der Waals surface area contributed by atoms with Crippen molar-refractivity contribution in [2.45, 2.75) is 24.9 Å². The van der Waals surface area contributed by atoms with Crippen molar-refractivity contribution in [3.63, 3.8) is 0 Å². The summed E-state index contributed by atoms with van der Waals surface area (Å²) in [5, 5.41) is 0. The predicted molar refractivity (Wildman–Crippen MR) is 100 cm³/mol. The Morgan fingerprint density at radius 3 is 2.67 bits per heavy atom. The summed E-state index contributed by atoms with van der Waals surface area (Å²) in [5.41, 5.74) is 0.295. The largest absolute Gasteiger partial charge is 0.371 e. The molecule has 7 nitrogen and oxygen atoms in total. The minimum atomic E-state index is -0.357. The van der Waals surface area contributed by atoms with Crippen LogP contribution in [0.1, 0.15) is 29.6 Å². The second-order valence-corrected chi connectivity index (χ2v) is 7.00. The molecule has 3 heterocycles. The van der Waals surface area contributed by atoms with Crippen LogP contribution >= 0.6 is 0 Å². The third kappa shape index (κ3) is 4.93. The van der Waals surface area contributed by atoms with Gasteiger partial charge in [0.25, 0.3) is 5.91 Å². The Labute approximate surface area is 159 Å². The number of aromatic nitrogens is 1. The fourth-order valence-electron chi connectivity index (χ4n) is 3.57. The van der Waals surface area contributed by atoms with Gasteiger partial charge in [-0.3, -0.25) is 14.6 Å². The molecule has 146 valence electrons. The van der Waals surface area contributed by atoms with Crippen LogP contribution in [0.15, 0.2) is 37.2 Å². The quantitative estimate of drug-likeness (QED) is 0.558. The summed E-state index contributed by atoms with van der Waals surface area (Å²) in [6.07, 6.45) is 7.22. The molecule has 0 aromatic carbocycles. The number of carbonyl (C=O) groups is 2. The van der Waals surface area contributed by atoms with Crippen molar-refractivity contribution in [1.29, 1.82) is 0 Å². The molecule has 3 rings (SSSR count). The summed E-state index contributed by atoms with van der Waals surface area (Å²) >= 11 is 0. The molecule has 0 saturated carbocycles. The maximum absolute atomic E-state index is 12.6. The van der Waals surface area contributed by atoms with Gasteiger partial charge in [-0.2, -0.15) is 0 Å². The number of hydrogen-bond acceptors (Lipinski definition) is 5. The van der Waals surface area contributed by atoms with E-state index < -0.39 is 0 Å². The van der Waals surface area contributed by atoms with Gasteiger partial charge in [-0.1, -0.05) is 6.08 Å². The van der Waals surface area contributed by atoms with Gasteiger partial charge in [-0.05, 0) is 31.4 Å². The molecule has 0 unspecified atom stereocenters. The van der Waals surface area contributed by atoms with E-state index in [0.717, 1.165) is 19.3 Å². The third-order valence-corrected chi connectivity index (χ3v) is 5.18. The van der Waals surface area contributed by atoms with Crippen molar-refractivity contribution in [2.24, 2.45) is 0 Å². The maximum Gasteiger partial charge on any atom is 0.253 e. The average Bonchev–Trinajstić information content (AvgIpc) is 2.72. The lowest BCUT2D eigenvalue weighted by Gasteiger charge is -2.47. The average molecular weight is 373 g/mol. The van der Waals surface area contributed by atoms with E-state index in [2.05, 4.69) is 11.6 Å². The molecule has 0 aliphatic carbocycles. The molecular weight excluding hydrogens is 346 g/mol. The summed E-state index contributed by atoms with van der Waals surface area (Å²) < 4.78 is 11.5. The second-order valence-electron chi connectivity index (χ2n) is 7.00. The number of likely N-dealkylation sites (tertiary alicyclic amines) is 1. The minimum absolute atomic E-state index is 0.00275. The van der Waals surface area contributed by atoms with Crippen LogP contribution in [0.25, 0.3) is 0 Å². The van der Waals surface area contributed by atoms with Crippen molar-refractivity contribution in [2.75, 3.05) is 46.0 Å². The van der Waals surface area contributed by atoms with Crippen LogP contribution in [0.4, 0.5) is 0 Å². The van der Waals surface area contributed by atoms with Crippen molar-refractivity contribution < 1.29 is 19.1 Å². The molecule has 0 atom stereocenters. The number of rotatable bonds is 6. The SMILES string of the molecule is C=CCCOCC(=O)N1CCOC2(CCN(C(=O)c3ccncc3)CC2)C1. The molecule has 7 heteroatoms. The van der Waals surface area contributed by atoms with Crippen molar-refractivity contribution in [3.8, 4) is 0 Å². The predicted octanol–water partition coefficient (Wildman–Crippen LogP) is 1.51. The Kier molecular flexibility index (Phi) is 6.58. The molecule has 1 aromatic heterocycles. The van der Waals surface area contributed by atoms with Gasteiger partial charge in [0.05, 0.1) is 18.8 Å². The monoisotopic (exact) mass is 373 g/mol. The summed E-state index contributed by atoms with van der Waals surface area (Å²) in [7, 11) is 0. The van der Waals surface area contributed by atoms with Gasteiger partial charge in [0.2, 0.25) is 5.91 Å². The first-order chi connectivity index (χ1) is 13.1. The summed E-state index contributed by atoms with van der Waals surface area (Å²) in [6.45, 7) is 7.17. The molecule has 2 saturated heterocycles. The lowest BCUT2D eigenvalue weighted by Crippen LogP contribution is -2.59. The molecule has 2 aliphatic heterocycles. The Morgan fingerprint density at radius 1 is 1.22 bits per heavy atom. The van der Waals surface area contributed by atoms with E-state index in [4.69, 9.17) is 9.47 Å². The zero-order valence-electron chi connectivity index (χ0n) is 15.6. The summed E-state index contributed by atoms with van der Waals surface area (Å²) in [4.78, 5) is 32.6. The Bertz CT molecular complexity index is 656. The fraction of sp³-hybridized carbons (Fsp3) is 0.550. The zero-order chi connectivity index (χ0) is 19.1. The van der Waals surface area contributed by atoms with Gasteiger partial charge in [-0.25, -0.2) is 0 Å². The molecule has 2 amide bonds. The summed E-state index contributed by atoms with van der Waals surface area (Å²) in [6, 6.07) is 3.47. The van der Waals surface area contributed by atoms with Crippen molar-refractivity contribution >= 4 is 11.8 Å². The van der Waals surface area contributed by atoms with E-state index in [0.29, 0.717) is 45.0 Å². The smallest absolute Gasteiger partial charge is 0.253 e. The van der Waals surface area contributed by atoms with Crippen molar-refractivity contribution in [1.82, 2.24) is 14.8 Å². The van der Waals surface area contributed by atoms with E-state index in [1.165, 1.54) is 0 Å². The zero-order valence-corrected chi connectivity index (χ0v) is 15.6. The number of morpholine rings is 1. The molecule has 0 radical (unpaired) electrons. The van der Waals surface area contributed by atoms with E-state index >= 15 is 0 Å². The van der Waals surface area contributed by atoms with Gasteiger partial charge in [0.15, 0.2) is 0 Å². The van der Waals surface area contributed by atoms with Crippen LogP contribution in [-0.4, -0.2) is 78.2 Å². The highest BCUT2D eigenvalue weighted by atomic mass is 16.5. The standard InChI is InChI=1S/C20H27N3O4/c1-2-3-13-26-15-18(24)23-12-14-27-20(16-23)6-10-22(11-7-20)19(25)17-4-8-21-9-5-17/h2,4-5,8-9H,1,3,6-7,10-16H2. The van der Waals surface area contributed by atoms with Crippen LogP contribution in [0.5, 0.6) is 0 Å². The lowest BCUT2D eigenvalue weighted by atomic mass is 9.89. The first-order valence-corrected chi connectivity index (χ1v) is 9.43. The van der Waals surface area contributed by atoms with Crippen LogP contribution in [0.2, 0.25) is 0 Å². The molecule has 1 spiro atoms. The third-order valence-electron chi connectivity index (χ3n) is 5.18. The van der Waals surface area contributed by atoms with E-state index in [-0.39, 0.29) is 24.0 Å². The van der Waals surface area contributed by atoms with Crippen LogP contribution in [-0.2, 0) is 14.3 Å². The van der Waals surface area contributed by atoms with Crippen molar-refractivity contribution in [3.05, 3.63) is 42.7 Å². The van der Waals surface area contributed by atoms with Gasteiger partial charge in [0.1, 0.15) is 6.61 Å². The number of amides is 2. The van der Waals surface area contributed by atoms with Gasteiger partial charge in [-0.15, -0.1) is 6.58 Å². The number of hydrogen-bond donors (Lipinski definition) is 0. The molecule has 0 bridgehead atoms. The van der Waals surface area contributed by atoms with Gasteiger partial charge in [0, 0.05) is 44.1 Å². The topological polar surface area (TPSA) is 72.0 Å². The highest BCUT2D eigenvalue weighted by Gasteiger charge is 2.41.